The van der Waals surface area contributed by atoms with Gasteiger partial charge in [-0.25, -0.2) is 0 Å². The van der Waals surface area contributed by atoms with Crippen LogP contribution < -0.4 is 0 Å². The molecule has 1 atom stereocenters. The largest absolute Gasteiger partial charge is 0.481 e. The van der Waals surface area contributed by atoms with Crippen LogP contribution in [0.25, 0.3) is 5.70 Å². The van der Waals surface area contributed by atoms with Gasteiger partial charge in [0.25, 0.3) is 5.91 Å². The lowest BCUT2D eigenvalue weighted by molar-refractivity contribution is -0.146. The predicted molar refractivity (Wildman–Crippen MR) is 85.1 cm³/mol. The lowest BCUT2D eigenvalue weighted by Gasteiger charge is -2.35. The molecule has 126 valence electrons. The molecule has 7 nitrogen and oxygen atoms in total. The summed E-state index contributed by atoms with van der Waals surface area (Å²) in [6, 6.07) is 6.56. The van der Waals surface area contributed by atoms with Crippen LogP contribution in [0, 0.1) is 0 Å². The molecule has 7 heteroatoms. The quantitative estimate of drug-likeness (QED) is 0.883. The highest BCUT2D eigenvalue weighted by Crippen LogP contribution is 2.31. The van der Waals surface area contributed by atoms with Crippen LogP contribution in [-0.4, -0.2) is 65.0 Å². The van der Waals surface area contributed by atoms with E-state index >= 15 is 0 Å². The second kappa shape index (κ2) is 6.45. The maximum Gasteiger partial charge on any atom is 0.305 e. The van der Waals surface area contributed by atoms with Gasteiger partial charge in [0.05, 0.1) is 25.7 Å². The van der Waals surface area contributed by atoms with Gasteiger partial charge in [-0.1, -0.05) is 24.8 Å². The van der Waals surface area contributed by atoms with E-state index in [-0.39, 0.29) is 31.4 Å². The third-order valence-electron chi connectivity index (χ3n) is 4.29. The fraction of sp³-hybridized carbons (Fsp3) is 0.353. The van der Waals surface area contributed by atoms with E-state index in [9.17, 15) is 14.4 Å². The van der Waals surface area contributed by atoms with Crippen molar-refractivity contribution in [2.24, 2.45) is 0 Å². The predicted octanol–water partition coefficient (Wildman–Crippen LogP) is 0.815. The summed E-state index contributed by atoms with van der Waals surface area (Å²) in [5.41, 5.74) is 1.74. The summed E-state index contributed by atoms with van der Waals surface area (Å²) in [6.45, 7) is 4.62. The molecular weight excluding hydrogens is 312 g/mol. The summed E-state index contributed by atoms with van der Waals surface area (Å²) < 4.78 is 5.27. The van der Waals surface area contributed by atoms with Gasteiger partial charge in [0.15, 0.2) is 0 Å². The molecule has 0 aliphatic carbocycles. The Balaban J connectivity index is 1.74. The summed E-state index contributed by atoms with van der Waals surface area (Å²) in [4.78, 5) is 38.9. The van der Waals surface area contributed by atoms with Crippen molar-refractivity contribution in [3.05, 3.63) is 42.0 Å². The SMILES string of the molecule is C=C1c2ccccc2C(=O)N1CC(=O)N1CCOCC1CC(=O)O. The zero-order chi connectivity index (χ0) is 17.3. The number of carboxylic acid groups (broad SMARTS) is 1. The molecule has 0 radical (unpaired) electrons. The van der Waals surface area contributed by atoms with Crippen LogP contribution in [0.4, 0.5) is 0 Å². The number of amides is 2. The van der Waals surface area contributed by atoms with E-state index in [1.165, 1.54) is 9.80 Å². The number of benzene rings is 1. The van der Waals surface area contributed by atoms with Gasteiger partial charge in [-0.3, -0.25) is 19.3 Å². The Hall–Kier alpha value is -2.67. The number of hydrogen-bond donors (Lipinski definition) is 1. The van der Waals surface area contributed by atoms with E-state index in [2.05, 4.69) is 6.58 Å². The van der Waals surface area contributed by atoms with Gasteiger partial charge >= 0.3 is 5.97 Å². The van der Waals surface area contributed by atoms with E-state index in [1.807, 2.05) is 6.07 Å². The minimum Gasteiger partial charge on any atom is -0.481 e. The van der Waals surface area contributed by atoms with Gasteiger partial charge in [0.1, 0.15) is 6.54 Å². The highest BCUT2D eigenvalue weighted by atomic mass is 16.5. The number of hydrogen-bond acceptors (Lipinski definition) is 4. The molecule has 1 aromatic rings. The molecule has 2 heterocycles. The third kappa shape index (κ3) is 2.90. The minimum absolute atomic E-state index is 0.150. The van der Waals surface area contributed by atoms with Crippen LogP contribution in [0.15, 0.2) is 30.8 Å². The van der Waals surface area contributed by atoms with Crippen molar-refractivity contribution in [1.82, 2.24) is 9.80 Å². The van der Waals surface area contributed by atoms with Crippen LogP contribution in [0.2, 0.25) is 0 Å². The van der Waals surface area contributed by atoms with Crippen molar-refractivity contribution in [2.75, 3.05) is 26.3 Å². The average molecular weight is 330 g/mol. The Bertz CT molecular complexity index is 680. The number of nitrogens with zero attached hydrogens (tertiary/aromatic N) is 2. The molecule has 2 aliphatic heterocycles. The van der Waals surface area contributed by atoms with E-state index in [0.29, 0.717) is 24.4 Å². The average Bonchev–Trinajstić information content (AvgIpc) is 2.80. The highest BCUT2D eigenvalue weighted by Gasteiger charge is 2.35. The van der Waals surface area contributed by atoms with E-state index in [0.717, 1.165) is 5.56 Å². The maximum absolute atomic E-state index is 12.6. The van der Waals surface area contributed by atoms with Crippen molar-refractivity contribution in [3.8, 4) is 0 Å². The Morgan fingerprint density at radius 1 is 1.29 bits per heavy atom. The number of morpholine rings is 1. The summed E-state index contributed by atoms with van der Waals surface area (Å²) in [5.74, 6) is -1.55. The van der Waals surface area contributed by atoms with Crippen LogP contribution in [0.3, 0.4) is 0 Å². The lowest BCUT2D eigenvalue weighted by atomic mass is 10.1. The van der Waals surface area contributed by atoms with Gasteiger partial charge in [-0.05, 0) is 6.07 Å². The van der Waals surface area contributed by atoms with Gasteiger partial charge < -0.3 is 14.7 Å². The molecular formula is C17H18N2O5. The fourth-order valence-corrected chi connectivity index (χ4v) is 3.08. The van der Waals surface area contributed by atoms with E-state index in [4.69, 9.17) is 9.84 Å². The van der Waals surface area contributed by atoms with Crippen LogP contribution in [-0.2, 0) is 14.3 Å². The number of carbonyl (C=O) groups excluding carboxylic acids is 2. The molecule has 1 aromatic carbocycles. The van der Waals surface area contributed by atoms with Crippen LogP contribution in [0.5, 0.6) is 0 Å². The van der Waals surface area contributed by atoms with Crippen molar-refractivity contribution in [1.29, 1.82) is 0 Å². The van der Waals surface area contributed by atoms with Gasteiger partial charge in [-0.2, -0.15) is 0 Å². The van der Waals surface area contributed by atoms with Crippen molar-refractivity contribution < 1.29 is 24.2 Å². The number of carbonyl (C=O) groups is 3. The van der Waals surface area contributed by atoms with Crippen LogP contribution in [0.1, 0.15) is 22.3 Å². The summed E-state index contributed by atoms with van der Waals surface area (Å²) >= 11 is 0. The van der Waals surface area contributed by atoms with Crippen molar-refractivity contribution >= 4 is 23.5 Å². The number of rotatable bonds is 4. The molecule has 2 aliphatic rings. The second-order valence-electron chi connectivity index (χ2n) is 5.80. The van der Waals surface area contributed by atoms with Gasteiger partial charge in [0.2, 0.25) is 5.91 Å². The first-order chi connectivity index (χ1) is 11.5. The lowest BCUT2D eigenvalue weighted by Crippen LogP contribution is -2.52. The Morgan fingerprint density at radius 2 is 2.00 bits per heavy atom. The second-order valence-corrected chi connectivity index (χ2v) is 5.80. The van der Waals surface area contributed by atoms with Gasteiger partial charge in [0, 0.05) is 23.4 Å². The molecule has 1 unspecified atom stereocenters. The van der Waals surface area contributed by atoms with Crippen LogP contribution >= 0.6 is 0 Å². The molecule has 1 fully saturated rings. The molecule has 0 aromatic heterocycles. The minimum atomic E-state index is -0.989. The summed E-state index contributed by atoms with van der Waals surface area (Å²) in [5, 5.41) is 8.98. The highest BCUT2D eigenvalue weighted by molar-refractivity contribution is 6.10. The van der Waals surface area contributed by atoms with E-state index < -0.39 is 12.0 Å². The standard InChI is InChI=1S/C17H18N2O5/c1-11-13-4-2-3-5-14(13)17(23)19(11)9-15(20)18-6-7-24-10-12(18)8-16(21)22/h2-5,12H,1,6-10H2,(H,21,22). The molecule has 0 spiro atoms. The van der Waals surface area contributed by atoms with Gasteiger partial charge in [-0.15, -0.1) is 0 Å². The zero-order valence-corrected chi connectivity index (χ0v) is 13.1. The summed E-state index contributed by atoms with van der Waals surface area (Å²) in [7, 11) is 0. The Kier molecular flexibility index (Phi) is 4.35. The fourth-order valence-electron chi connectivity index (χ4n) is 3.08. The Morgan fingerprint density at radius 3 is 2.67 bits per heavy atom. The number of aliphatic carboxylic acids is 1. The van der Waals surface area contributed by atoms with E-state index in [1.54, 1.807) is 18.2 Å². The zero-order valence-electron chi connectivity index (χ0n) is 13.1. The molecule has 1 saturated heterocycles. The smallest absolute Gasteiger partial charge is 0.305 e. The monoisotopic (exact) mass is 330 g/mol. The first-order valence-corrected chi connectivity index (χ1v) is 7.68. The first-order valence-electron chi connectivity index (χ1n) is 7.68. The number of carboxylic acids is 1. The molecule has 0 bridgehead atoms. The first kappa shape index (κ1) is 16.2. The molecule has 0 saturated carbocycles. The number of fused-ring (bicyclic) bond motifs is 1. The van der Waals surface area contributed by atoms with Crippen molar-refractivity contribution in [3.63, 3.8) is 0 Å². The third-order valence-corrected chi connectivity index (χ3v) is 4.29. The Labute approximate surface area is 139 Å². The normalized spacial score (nSPS) is 20.2. The summed E-state index contributed by atoms with van der Waals surface area (Å²) in [6.07, 6.45) is -0.180. The molecule has 3 rings (SSSR count). The molecule has 1 N–H and O–H groups in total. The maximum atomic E-state index is 12.6. The number of ether oxygens (including phenoxy) is 1. The topological polar surface area (TPSA) is 87.2 Å². The van der Waals surface area contributed by atoms with Crippen molar-refractivity contribution in [2.45, 2.75) is 12.5 Å². The molecule has 24 heavy (non-hydrogen) atoms. The molecule has 2 amide bonds.